The normalized spacial score (nSPS) is 14.8. The lowest BCUT2D eigenvalue weighted by Gasteiger charge is -2.36. The van der Waals surface area contributed by atoms with Gasteiger partial charge in [0.25, 0.3) is 0 Å². The number of ether oxygens (including phenoxy) is 4. The van der Waals surface area contributed by atoms with Crippen LogP contribution in [0.5, 0.6) is 23.0 Å². The van der Waals surface area contributed by atoms with Gasteiger partial charge in [0.2, 0.25) is 0 Å². The van der Waals surface area contributed by atoms with Crippen molar-refractivity contribution in [1.29, 1.82) is 0 Å². The van der Waals surface area contributed by atoms with Crippen LogP contribution in [-0.2, 0) is 13.1 Å². The predicted molar refractivity (Wildman–Crippen MR) is 177 cm³/mol. The monoisotopic (exact) mass is 613 g/mol. The molecule has 0 unspecified atom stereocenters. The Morgan fingerprint density at radius 3 is 1.91 bits per heavy atom. The van der Waals surface area contributed by atoms with Crippen LogP contribution in [-0.4, -0.2) is 90.7 Å². The van der Waals surface area contributed by atoms with Gasteiger partial charge < -0.3 is 38.7 Å². The van der Waals surface area contributed by atoms with Crippen molar-refractivity contribution in [2.75, 3.05) is 71.6 Å². The van der Waals surface area contributed by atoms with E-state index in [1.165, 1.54) is 5.69 Å². The summed E-state index contributed by atoms with van der Waals surface area (Å²) in [5.41, 5.74) is 10.8. The zero-order valence-corrected chi connectivity index (χ0v) is 26.2. The molecule has 5 aromatic rings. The number of piperazine rings is 1. The Labute approximate surface area is 264 Å². The van der Waals surface area contributed by atoms with Crippen LogP contribution in [0.15, 0.2) is 67.3 Å². The highest BCUT2D eigenvalue weighted by molar-refractivity contribution is 5.82. The average molecular weight is 614 g/mol. The molecule has 11 nitrogen and oxygen atoms in total. The van der Waals surface area contributed by atoms with Crippen LogP contribution >= 0.6 is 0 Å². The minimum absolute atomic E-state index is 0.628. The van der Waals surface area contributed by atoms with Crippen LogP contribution in [0.3, 0.4) is 0 Å². The number of aryl methyl sites for hydroxylation is 2. The van der Waals surface area contributed by atoms with Crippen molar-refractivity contribution in [2.45, 2.75) is 25.9 Å². The number of nitrogens with zero attached hydrogens (tertiary/aromatic N) is 6. The predicted octanol–water partition coefficient (Wildman–Crippen LogP) is 4.42. The van der Waals surface area contributed by atoms with E-state index in [9.17, 15) is 0 Å². The fourth-order valence-electron chi connectivity index (χ4n) is 5.99. The smallest absolute Gasteiger partial charge is 0.163 e. The molecule has 0 radical (unpaired) electrons. The maximum Gasteiger partial charge on any atom is 0.163 e. The summed E-state index contributed by atoms with van der Waals surface area (Å²) in [5, 5.41) is 0. The third-order valence-electron chi connectivity index (χ3n) is 8.41. The lowest BCUT2D eigenvalue weighted by Crippen LogP contribution is -2.46. The number of rotatable bonds is 10. The molecule has 0 atom stereocenters. The van der Waals surface area contributed by atoms with E-state index in [1.54, 1.807) is 14.2 Å². The number of aromatic nitrogens is 4. The molecule has 1 fully saturated rings. The summed E-state index contributed by atoms with van der Waals surface area (Å²) in [6.45, 7) is 9.14. The van der Waals surface area contributed by atoms with E-state index in [-0.39, 0.29) is 0 Å². The largest absolute Gasteiger partial charge is 0.494 e. The second kappa shape index (κ2) is 14.5. The van der Waals surface area contributed by atoms with Crippen LogP contribution < -0.4 is 29.6 Å². The molecule has 0 saturated carbocycles. The quantitative estimate of drug-likeness (QED) is 0.245. The van der Waals surface area contributed by atoms with E-state index >= 15 is 0 Å². The van der Waals surface area contributed by atoms with Gasteiger partial charge in [-0.05, 0) is 62.3 Å². The van der Waals surface area contributed by atoms with E-state index in [0.29, 0.717) is 19.8 Å². The average Bonchev–Trinajstić information content (AvgIpc) is 3.72. The Hall–Kier alpha value is -4.48. The summed E-state index contributed by atoms with van der Waals surface area (Å²) in [5.74, 6) is 3.37. The molecule has 0 amide bonds. The van der Waals surface area contributed by atoms with Crippen molar-refractivity contribution < 1.29 is 18.9 Å². The standard InChI is InChI=1S/C23H28N4O3.C11H15N3O/c1-28-21-5-2-4-19-23(21)24-17-27(19)9-3-8-25-10-12-26(13-11-25)18-6-7-20-22(16-18)30-15-14-29-20;1-15-10-5-2-4-9-11(10)13-8-14(9)7-3-6-12/h2,4-7,16-17H,3,8-15H2,1H3;2,4-5,8H,3,6-7,12H2,1H3. The van der Waals surface area contributed by atoms with Crippen molar-refractivity contribution >= 4 is 27.8 Å². The van der Waals surface area contributed by atoms with E-state index in [1.807, 2.05) is 49.1 Å². The van der Waals surface area contributed by atoms with Gasteiger partial charge in [-0.3, -0.25) is 4.90 Å². The summed E-state index contributed by atoms with van der Waals surface area (Å²) < 4.78 is 26.4. The first-order chi connectivity index (χ1) is 22.2. The number of nitrogens with two attached hydrogens (primary N) is 1. The number of imidazole rings is 2. The Bertz CT molecular complexity index is 1690. The topological polar surface area (TPSA) is 105 Å². The first kappa shape index (κ1) is 30.5. The summed E-state index contributed by atoms with van der Waals surface area (Å²) in [6.07, 6.45) is 5.82. The lowest BCUT2D eigenvalue weighted by atomic mass is 10.2. The van der Waals surface area contributed by atoms with Crippen LogP contribution in [0.25, 0.3) is 22.1 Å². The summed E-state index contributed by atoms with van der Waals surface area (Å²) in [4.78, 5) is 13.9. The third kappa shape index (κ3) is 6.94. The Morgan fingerprint density at radius 2 is 1.31 bits per heavy atom. The van der Waals surface area contributed by atoms with Gasteiger partial charge in [-0.15, -0.1) is 0 Å². The molecule has 0 spiro atoms. The van der Waals surface area contributed by atoms with Gasteiger partial charge in [0.1, 0.15) is 35.7 Å². The summed E-state index contributed by atoms with van der Waals surface area (Å²) >= 11 is 0. The molecular formula is C34H43N7O4. The Kier molecular flexibility index (Phi) is 9.86. The highest BCUT2D eigenvalue weighted by Gasteiger charge is 2.20. The van der Waals surface area contributed by atoms with Gasteiger partial charge in [0.15, 0.2) is 11.5 Å². The molecule has 2 aliphatic heterocycles. The van der Waals surface area contributed by atoms with Gasteiger partial charge >= 0.3 is 0 Å². The van der Waals surface area contributed by atoms with Gasteiger partial charge in [0.05, 0.1) is 37.9 Å². The van der Waals surface area contributed by atoms with Crippen LogP contribution in [0.2, 0.25) is 0 Å². The third-order valence-corrected chi connectivity index (χ3v) is 8.41. The number of anilines is 1. The van der Waals surface area contributed by atoms with E-state index in [2.05, 4.69) is 47.1 Å². The van der Waals surface area contributed by atoms with Crippen molar-refractivity contribution in [3.8, 4) is 23.0 Å². The van der Waals surface area contributed by atoms with E-state index in [0.717, 1.165) is 104 Å². The summed E-state index contributed by atoms with van der Waals surface area (Å²) in [6, 6.07) is 18.3. The van der Waals surface area contributed by atoms with E-state index < -0.39 is 0 Å². The summed E-state index contributed by atoms with van der Waals surface area (Å²) in [7, 11) is 3.35. The van der Waals surface area contributed by atoms with Crippen molar-refractivity contribution in [3.63, 3.8) is 0 Å². The van der Waals surface area contributed by atoms with E-state index in [4.69, 9.17) is 24.7 Å². The van der Waals surface area contributed by atoms with Crippen molar-refractivity contribution in [3.05, 3.63) is 67.3 Å². The first-order valence-electron chi connectivity index (χ1n) is 15.7. The fourth-order valence-corrected chi connectivity index (χ4v) is 5.99. The zero-order valence-electron chi connectivity index (χ0n) is 26.2. The molecule has 3 aromatic carbocycles. The number of fused-ring (bicyclic) bond motifs is 3. The van der Waals surface area contributed by atoms with Gasteiger partial charge in [-0.1, -0.05) is 12.1 Å². The van der Waals surface area contributed by atoms with Crippen LogP contribution in [0.1, 0.15) is 12.8 Å². The molecule has 11 heteroatoms. The number of para-hydroxylation sites is 2. The minimum Gasteiger partial charge on any atom is -0.494 e. The molecule has 238 valence electrons. The molecular weight excluding hydrogens is 570 g/mol. The molecule has 2 aromatic heterocycles. The second-order valence-corrected chi connectivity index (χ2v) is 11.2. The maximum atomic E-state index is 5.73. The number of benzene rings is 3. The number of hydrogen-bond donors (Lipinski definition) is 1. The molecule has 0 bridgehead atoms. The molecule has 1 saturated heterocycles. The second-order valence-electron chi connectivity index (χ2n) is 11.2. The lowest BCUT2D eigenvalue weighted by molar-refractivity contribution is 0.171. The maximum absolute atomic E-state index is 5.73. The van der Waals surface area contributed by atoms with Crippen molar-refractivity contribution in [2.24, 2.45) is 5.73 Å². The first-order valence-corrected chi connectivity index (χ1v) is 15.7. The Morgan fingerprint density at radius 1 is 0.711 bits per heavy atom. The molecule has 0 aliphatic carbocycles. The molecule has 4 heterocycles. The number of hydrogen-bond acceptors (Lipinski definition) is 9. The highest BCUT2D eigenvalue weighted by atomic mass is 16.6. The van der Waals surface area contributed by atoms with Crippen LogP contribution in [0.4, 0.5) is 5.69 Å². The SMILES string of the molecule is COc1cccc2c1ncn2CCCN.COc1cccc2c1ncn2CCCN1CCN(c2ccc3c(c2)OCCO3)CC1. The van der Waals surface area contributed by atoms with Crippen molar-refractivity contribution in [1.82, 2.24) is 24.0 Å². The fraction of sp³-hybridized carbons (Fsp3) is 0.412. The molecule has 7 rings (SSSR count). The Balaban J connectivity index is 0.000000200. The van der Waals surface area contributed by atoms with Gasteiger partial charge in [0, 0.05) is 51.0 Å². The number of methoxy groups -OCH3 is 2. The zero-order chi connectivity index (χ0) is 31.0. The van der Waals surface area contributed by atoms with Crippen LogP contribution in [0, 0.1) is 0 Å². The van der Waals surface area contributed by atoms with Gasteiger partial charge in [-0.25, -0.2) is 9.97 Å². The molecule has 45 heavy (non-hydrogen) atoms. The highest BCUT2D eigenvalue weighted by Crippen LogP contribution is 2.34. The van der Waals surface area contributed by atoms with Gasteiger partial charge in [-0.2, -0.15) is 0 Å². The molecule has 2 aliphatic rings. The minimum atomic E-state index is 0.628. The molecule has 2 N–H and O–H groups in total.